The second-order valence-corrected chi connectivity index (χ2v) is 12.2. The minimum atomic E-state index is -1.04. The number of carboxylic acid groups (broad SMARTS) is 1. The maximum atomic E-state index is 13.6. The zero-order chi connectivity index (χ0) is 35.6. The van der Waals surface area contributed by atoms with E-state index in [2.05, 4.69) is 28.4 Å². The Bertz CT molecular complexity index is 1810. The minimum Gasteiger partial charge on any atom is -0.495 e. The molecule has 0 unspecified atom stereocenters. The summed E-state index contributed by atoms with van der Waals surface area (Å²) in [6.45, 7) is 6.24. The molecule has 4 aromatic carbocycles. The lowest BCUT2D eigenvalue weighted by molar-refractivity contribution is 0.00206. The number of carboxylic acids is 1. The number of anilines is 2. The Balaban J connectivity index is 1.12. The molecule has 6 rings (SSSR count). The zero-order valence-corrected chi connectivity index (χ0v) is 28.7. The van der Waals surface area contributed by atoms with Crippen LogP contribution in [0.3, 0.4) is 0 Å². The summed E-state index contributed by atoms with van der Waals surface area (Å²) in [5.74, 6) is -1.04. The van der Waals surface area contributed by atoms with Crippen LogP contribution in [0.1, 0.15) is 42.2 Å². The maximum Gasteiger partial charge on any atom is 0.335 e. The Hall–Kier alpha value is -5.01. The predicted octanol–water partition coefficient (Wildman–Crippen LogP) is 4.88. The largest absolute Gasteiger partial charge is 0.495 e. The predicted molar refractivity (Wildman–Crippen MR) is 192 cm³/mol. The van der Waals surface area contributed by atoms with Gasteiger partial charge in [0, 0.05) is 47.2 Å². The van der Waals surface area contributed by atoms with Crippen molar-refractivity contribution in [2.24, 2.45) is 0 Å². The molecule has 0 radical (unpaired) electrons. The fourth-order valence-electron chi connectivity index (χ4n) is 6.32. The lowest BCUT2D eigenvalue weighted by Gasteiger charge is -2.28. The summed E-state index contributed by atoms with van der Waals surface area (Å²) in [5.41, 5.74) is 4.58. The number of ether oxygens (including phenoxy) is 5. The van der Waals surface area contributed by atoms with Crippen LogP contribution in [0.15, 0.2) is 72.8 Å². The molecule has 12 heteroatoms. The molecule has 12 nitrogen and oxygen atoms in total. The third-order valence-corrected chi connectivity index (χ3v) is 8.97. The summed E-state index contributed by atoms with van der Waals surface area (Å²) >= 11 is 0. The normalized spacial score (nSPS) is 16.4. The van der Waals surface area contributed by atoms with Gasteiger partial charge in [0.2, 0.25) is 0 Å². The number of nitrogens with zero attached hydrogens (tertiary/aromatic N) is 2. The summed E-state index contributed by atoms with van der Waals surface area (Å²) in [6.07, 6.45) is 0.706. The van der Waals surface area contributed by atoms with Crippen molar-refractivity contribution >= 4 is 39.9 Å². The van der Waals surface area contributed by atoms with Gasteiger partial charge in [-0.3, -0.25) is 14.5 Å². The highest BCUT2D eigenvalue weighted by Crippen LogP contribution is 2.35. The van der Waals surface area contributed by atoms with Crippen molar-refractivity contribution < 1.29 is 43.2 Å². The van der Waals surface area contributed by atoms with E-state index in [4.69, 9.17) is 23.7 Å². The van der Waals surface area contributed by atoms with E-state index < -0.39 is 5.97 Å². The van der Waals surface area contributed by atoms with Gasteiger partial charge in [-0.1, -0.05) is 30.3 Å². The average molecular weight is 698 g/mol. The molecular weight excluding hydrogens is 654 g/mol. The van der Waals surface area contributed by atoms with Crippen LogP contribution < -0.4 is 15.0 Å². The van der Waals surface area contributed by atoms with Crippen molar-refractivity contribution in [3.63, 3.8) is 0 Å². The van der Waals surface area contributed by atoms with Gasteiger partial charge in [0.05, 0.1) is 77.8 Å². The molecule has 4 aromatic rings. The summed E-state index contributed by atoms with van der Waals surface area (Å²) < 4.78 is 28.5. The van der Waals surface area contributed by atoms with Crippen molar-refractivity contribution in [3.8, 4) is 5.75 Å². The molecule has 2 aliphatic heterocycles. The number of hydrogen-bond donors (Lipinski definition) is 2. The fraction of sp³-hybridized carbons (Fsp3) is 0.359. The first-order valence-corrected chi connectivity index (χ1v) is 17.2. The summed E-state index contributed by atoms with van der Waals surface area (Å²) in [7, 11) is 1.67. The van der Waals surface area contributed by atoms with Gasteiger partial charge in [0.1, 0.15) is 5.75 Å². The monoisotopic (exact) mass is 697 g/mol. The second kappa shape index (κ2) is 17.3. The SMILES string of the molecule is COc1cc(CCNc2ccc3c4c(cccc24)C(=O)N(Cc2ccc(C(=O)O)cc2)C3=O)ccc1N1CCOCCOCCOCCOCC1. The molecule has 268 valence electrons. The Kier molecular flexibility index (Phi) is 12.1. The van der Waals surface area contributed by atoms with Crippen LogP contribution in [0.2, 0.25) is 0 Å². The number of carbonyl (C=O) groups is 3. The lowest BCUT2D eigenvalue weighted by Crippen LogP contribution is -2.39. The highest BCUT2D eigenvalue weighted by molar-refractivity contribution is 6.26. The van der Waals surface area contributed by atoms with Crippen LogP contribution in [-0.2, 0) is 31.9 Å². The first kappa shape index (κ1) is 35.8. The number of benzene rings is 4. The number of imide groups is 1. The van der Waals surface area contributed by atoms with Gasteiger partial charge in [0.15, 0.2) is 0 Å². The number of nitrogens with one attached hydrogen (secondary N) is 1. The molecule has 0 aliphatic carbocycles. The van der Waals surface area contributed by atoms with Gasteiger partial charge in [-0.25, -0.2) is 4.79 Å². The summed E-state index contributed by atoms with van der Waals surface area (Å²) in [5, 5.41) is 14.1. The number of rotatable bonds is 9. The average Bonchev–Trinajstić information content (AvgIpc) is 3.16. The smallest absolute Gasteiger partial charge is 0.335 e. The van der Waals surface area contributed by atoms with E-state index in [1.807, 2.05) is 18.2 Å². The summed E-state index contributed by atoms with van der Waals surface area (Å²) in [4.78, 5) is 41.8. The standard InChI is InChI=1S/C39H43N3O9/c1-47-35-25-27(7-12-34(35)41-15-17-48-19-21-50-23-24-51-22-20-49-18-16-41)13-14-40-33-11-10-32-36-30(33)3-2-4-31(36)37(43)42(38(32)44)26-28-5-8-29(9-6-28)39(45)46/h2-12,25,40H,13-24,26H2,1H3,(H,45,46). The molecule has 2 aliphatic rings. The van der Waals surface area contributed by atoms with E-state index in [0.29, 0.717) is 101 Å². The number of amides is 2. The molecule has 2 amide bonds. The van der Waals surface area contributed by atoms with Crippen molar-refractivity contribution in [3.05, 3.63) is 101 Å². The van der Waals surface area contributed by atoms with Gasteiger partial charge >= 0.3 is 5.97 Å². The van der Waals surface area contributed by atoms with E-state index in [-0.39, 0.29) is 23.9 Å². The number of aromatic carboxylic acids is 1. The van der Waals surface area contributed by atoms with Crippen LogP contribution in [0, 0.1) is 0 Å². The molecule has 0 spiro atoms. The number of carbonyl (C=O) groups excluding carboxylic acids is 2. The van der Waals surface area contributed by atoms with Crippen LogP contribution >= 0.6 is 0 Å². The van der Waals surface area contributed by atoms with Gasteiger partial charge < -0.3 is 39.0 Å². The van der Waals surface area contributed by atoms with Crippen LogP contribution in [0.25, 0.3) is 10.8 Å². The fourth-order valence-corrected chi connectivity index (χ4v) is 6.32. The molecule has 2 N–H and O–H groups in total. The molecule has 0 aromatic heterocycles. The Labute approximate surface area is 296 Å². The number of hydrogen-bond acceptors (Lipinski definition) is 10. The highest BCUT2D eigenvalue weighted by Gasteiger charge is 2.33. The maximum absolute atomic E-state index is 13.6. The highest BCUT2D eigenvalue weighted by atomic mass is 16.6. The Morgan fingerprint density at radius 1 is 0.765 bits per heavy atom. The van der Waals surface area contributed by atoms with Gasteiger partial charge in [-0.2, -0.15) is 0 Å². The van der Waals surface area contributed by atoms with Crippen LogP contribution in [-0.4, -0.2) is 107 Å². The lowest BCUT2D eigenvalue weighted by atomic mass is 9.92. The summed E-state index contributed by atoms with van der Waals surface area (Å²) in [6, 6.07) is 21.5. The van der Waals surface area contributed by atoms with Crippen molar-refractivity contribution in [1.29, 1.82) is 0 Å². The molecule has 51 heavy (non-hydrogen) atoms. The van der Waals surface area contributed by atoms with Crippen molar-refractivity contribution in [2.75, 3.05) is 89.8 Å². The quantitative estimate of drug-likeness (QED) is 0.232. The van der Waals surface area contributed by atoms with Crippen LogP contribution in [0.4, 0.5) is 11.4 Å². The van der Waals surface area contributed by atoms with E-state index in [9.17, 15) is 19.5 Å². The minimum absolute atomic E-state index is 0.0415. The molecule has 2 heterocycles. The van der Waals surface area contributed by atoms with Gasteiger partial charge in [0.25, 0.3) is 11.8 Å². The third-order valence-electron chi connectivity index (χ3n) is 8.97. The Morgan fingerprint density at radius 2 is 1.37 bits per heavy atom. The molecule has 0 bridgehead atoms. The molecule has 1 saturated heterocycles. The first-order chi connectivity index (χ1) is 24.9. The first-order valence-electron chi connectivity index (χ1n) is 17.2. The Morgan fingerprint density at radius 3 is 2.00 bits per heavy atom. The molecule has 1 fully saturated rings. The molecular formula is C39H43N3O9. The van der Waals surface area contributed by atoms with Crippen LogP contribution in [0.5, 0.6) is 5.75 Å². The van der Waals surface area contributed by atoms with Gasteiger partial charge in [-0.05, 0) is 60.0 Å². The molecule has 0 saturated carbocycles. The number of methoxy groups -OCH3 is 1. The molecule has 0 atom stereocenters. The van der Waals surface area contributed by atoms with E-state index in [0.717, 1.165) is 28.1 Å². The van der Waals surface area contributed by atoms with E-state index in [1.165, 1.54) is 17.0 Å². The van der Waals surface area contributed by atoms with Crippen molar-refractivity contribution in [1.82, 2.24) is 4.90 Å². The second-order valence-electron chi connectivity index (χ2n) is 12.2. The van der Waals surface area contributed by atoms with Gasteiger partial charge in [-0.15, -0.1) is 0 Å². The van der Waals surface area contributed by atoms with Crippen molar-refractivity contribution in [2.45, 2.75) is 13.0 Å². The third kappa shape index (κ3) is 8.66. The topological polar surface area (TPSA) is 136 Å². The van der Waals surface area contributed by atoms with E-state index in [1.54, 1.807) is 31.4 Å². The van der Waals surface area contributed by atoms with E-state index >= 15 is 0 Å². The zero-order valence-electron chi connectivity index (χ0n) is 28.7.